The van der Waals surface area contributed by atoms with Crippen LogP contribution in [-0.2, 0) is 13.1 Å². The fraction of sp³-hybridized carbons (Fsp3) is 0.500. The molecule has 2 aliphatic rings. The van der Waals surface area contributed by atoms with Gasteiger partial charge in [0.1, 0.15) is 5.75 Å². The first-order valence-electron chi connectivity index (χ1n) is 9.94. The van der Waals surface area contributed by atoms with Gasteiger partial charge in [-0.05, 0) is 61.1 Å². The van der Waals surface area contributed by atoms with Crippen molar-refractivity contribution in [2.24, 2.45) is 0 Å². The molecule has 1 aromatic carbocycles. The molecule has 2 aromatic rings. The van der Waals surface area contributed by atoms with Gasteiger partial charge in [0.25, 0.3) is 0 Å². The Kier molecular flexibility index (Phi) is 5.82. The first-order chi connectivity index (χ1) is 12.8. The van der Waals surface area contributed by atoms with Crippen LogP contribution in [0.25, 0.3) is 0 Å². The lowest BCUT2D eigenvalue weighted by atomic mass is 10.1. The zero-order valence-electron chi connectivity index (χ0n) is 15.5. The van der Waals surface area contributed by atoms with E-state index in [-0.39, 0.29) is 0 Å². The molecule has 1 aliphatic heterocycles. The largest absolute Gasteiger partial charge is 0.490 e. The van der Waals surface area contributed by atoms with Gasteiger partial charge < -0.3 is 4.74 Å². The Balaban J connectivity index is 1.26. The second-order valence-corrected chi connectivity index (χ2v) is 7.58. The van der Waals surface area contributed by atoms with Gasteiger partial charge in [0, 0.05) is 51.7 Å². The molecule has 1 aromatic heterocycles. The van der Waals surface area contributed by atoms with Crippen LogP contribution in [0.5, 0.6) is 5.75 Å². The monoisotopic (exact) mass is 351 g/mol. The van der Waals surface area contributed by atoms with Crippen molar-refractivity contribution in [3.8, 4) is 5.75 Å². The van der Waals surface area contributed by atoms with Gasteiger partial charge >= 0.3 is 0 Å². The Morgan fingerprint density at radius 2 is 1.50 bits per heavy atom. The van der Waals surface area contributed by atoms with E-state index >= 15 is 0 Å². The van der Waals surface area contributed by atoms with Gasteiger partial charge in [-0.3, -0.25) is 14.8 Å². The topological polar surface area (TPSA) is 28.6 Å². The number of ether oxygens (including phenoxy) is 1. The first kappa shape index (κ1) is 17.5. The highest BCUT2D eigenvalue weighted by molar-refractivity contribution is 5.28. The highest BCUT2D eigenvalue weighted by Crippen LogP contribution is 2.25. The zero-order valence-corrected chi connectivity index (χ0v) is 15.5. The summed E-state index contributed by atoms with van der Waals surface area (Å²) in [5.41, 5.74) is 2.72. The second kappa shape index (κ2) is 8.65. The number of nitrogens with zero attached hydrogens (tertiary/aromatic N) is 3. The molecule has 2 heterocycles. The van der Waals surface area contributed by atoms with Crippen LogP contribution in [0.1, 0.15) is 36.8 Å². The Morgan fingerprint density at radius 1 is 0.846 bits per heavy atom. The van der Waals surface area contributed by atoms with E-state index in [1.165, 1.54) is 36.8 Å². The Hall–Kier alpha value is -1.91. The summed E-state index contributed by atoms with van der Waals surface area (Å²) < 4.78 is 6.16. The fourth-order valence-electron chi connectivity index (χ4n) is 4.03. The molecule has 1 saturated heterocycles. The van der Waals surface area contributed by atoms with E-state index in [2.05, 4.69) is 51.2 Å². The van der Waals surface area contributed by atoms with Crippen molar-refractivity contribution in [3.63, 3.8) is 0 Å². The van der Waals surface area contributed by atoms with Gasteiger partial charge in [0.2, 0.25) is 0 Å². The highest BCUT2D eigenvalue weighted by Gasteiger charge is 2.18. The zero-order chi connectivity index (χ0) is 17.6. The van der Waals surface area contributed by atoms with Crippen molar-refractivity contribution in [2.75, 3.05) is 26.2 Å². The quantitative estimate of drug-likeness (QED) is 0.793. The van der Waals surface area contributed by atoms with E-state index in [0.717, 1.165) is 45.0 Å². The maximum absolute atomic E-state index is 6.16. The number of aromatic nitrogens is 1. The molecule has 0 spiro atoms. The average molecular weight is 351 g/mol. The molecule has 2 fully saturated rings. The predicted octanol–water partition coefficient (Wildman–Crippen LogP) is 3.72. The second-order valence-electron chi connectivity index (χ2n) is 7.58. The molecule has 4 rings (SSSR count). The standard InChI is InChI=1S/C22H29N3O/c1-2-6-21(5-1)26-22-7-3-4-20(16-22)18-25-14-12-24(13-15-25)17-19-8-10-23-11-9-19/h3-4,7-11,16,21H,1-2,5-6,12-15,17-18H2. The van der Waals surface area contributed by atoms with Crippen molar-refractivity contribution in [3.05, 3.63) is 59.9 Å². The van der Waals surface area contributed by atoms with E-state index < -0.39 is 0 Å². The maximum atomic E-state index is 6.16. The van der Waals surface area contributed by atoms with E-state index in [1.54, 1.807) is 0 Å². The van der Waals surface area contributed by atoms with Gasteiger partial charge in [0.15, 0.2) is 0 Å². The van der Waals surface area contributed by atoms with Crippen LogP contribution in [0.2, 0.25) is 0 Å². The normalized spacial score (nSPS) is 19.7. The SMILES string of the molecule is c1cc(CN2CCN(Cc3ccncc3)CC2)cc(OC2CCCC2)c1. The van der Waals surface area contributed by atoms with Crippen molar-refractivity contribution < 1.29 is 4.74 Å². The van der Waals surface area contributed by atoms with Gasteiger partial charge in [-0.15, -0.1) is 0 Å². The lowest BCUT2D eigenvalue weighted by Gasteiger charge is -2.34. The van der Waals surface area contributed by atoms with E-state index in [9.17, 15) is 0 Å². The lowest BCUT2D eigenvalue weighted by Crippen LogP contribution is -2.45. The summed E-state index contributed by atoms with van der Waals surface area (Å²) in [6.07, 6.45) is 9.25. The lowest BCUT2D eigenvalue weighted by molar-refractivity contribution is 0.122. The third-order valence-electron chi connectivity index (χ3n) is 5.53. The van der Waals surface area contributed by atoms with Crippen molar-refractivity contribution >= 4 is 0 Å². The molecule has 0 radical (unpaired) electrons. The Labute approximate surface area is 156 Å². The van der Waals surface area contributed by atoms with E-state index in [1.807, 2.05) is 12.4 Å². The number of piperazine rings is 1. The van der Waals surface area contributed by atoms with Crippen LogP contribution in [0.3, 0.4) is 0 Å². The molecular weight excluding hydrogens is 322 g/mol. The molecule has 0 amide bonds. The number of benzene rings is 1. The maximum Gasteiger partial charge on any atom is 0.120 e. The summed E-state index contributed by atoms with van der Waals surface area (Å²) in [6.45, 7) is 6.55. The smallest absolute Gasteiger partial charge is 0.120 e. The van der Waals surface area contributed by atoms with Gasteiger partial charge in [-0.1, -0.05) is 12.1 Å². The summed E-state index contributed by atoms with van der Waals surface area (Å²) in [5, 5.41) is 0. The fourth-order valence-corrected chi connectivity index (χ4v) is 4.03. The summed E-state index contributed by atoms with van der Waals surface area (Å²) in [5.74, 6) is 1.05. The summed E-state index contributed by atoms with van der Waals surface area (Å²) in [6, 6.07) is 12.9. The minimum atomic E-state index is 0.432. The number of rotatable bonds is 6. The third kappa shape index (κ3) is 4.83. The molecule has 0 atom stereocenters. The van der Waals surface area contributed by atoms with Crippen molar-refractivity contribution in [1.29, 1.82) is 0 Å². The Morgan fingerprint density at radius 3 is 2.19 bits per heavy atom. The highest BCUT2D eigenvalue weighted by atomic mass is 16.5. The molecule has 0 N–H and O–H groups in total. The van der Waals surface area contributed by atoms with Crippen molar-refractivity contribution in [1.82, 2.24) is 14.8 Å². The molecule has 0 bridgehead atoms. The molecule has 4 nitrogen and oxygen atoms in total. The minimum absolute atomic E-state index is 0.432. The molecule has 0 unspecified atom stereocenters. The molecule has 4 heteroatoms. The van der Waals surface area contributed by atoms with Crippen LogP contribution in [-0.4, -0.2) is 47.1 Å². The molecule has 138 valence electrons. The number of hydrogen-bond donors (Lipinski definition) is 0. The summed E-state index contributed by atoms with van der Waals surface area (Å²) in [4.78, 5) is 9.19. The third-order valence-corrected chi connectivity index (χ3v) is 5.53. The first-order valence-corrected chi connectivity index (χ1v) is 9.94. The number of pyridine rings is 1. The van der Waals surface area contributed by atoms with Crippen LogP contribution < -0.4 is 4.74 Å². The minimum Gasteiger partial charge on any atom is -0.490 e. The van der Waals surface area contributed by atoms with Crippen LogP contribution in [0.4, 0.5) is 0 Å². The summed E-state index contributed by atoms with van der Waals surface area (Å²) in [7, 11) is 0. The Bertz CT molecular complexity index is 677. The van der Waals surface area contributed by atoms with Crippen LogP contribution in [0.15, 0.2) is 48.8 Å². The van der Waals surface area contributed by atoms with Crippen LogP contribution in [0, 0.1) is 0 Å². The average Bonchev–Trinajstić information content (AvgIpc) is 3.18. The molecule has 26 heavy (non-hydrogen) atoms. The van der Waals surface area contributed by atoms with Gasteiger partial charge in [-0.25, -0.2) is 0 Å². The van der Waals surface area contributed by atoms with Crippen molar-refractivity contribution in [2.45, 2.75) is 44.9 Å². The molecule has 1 aliphatic carbocycles. The predicted molar refractivity (Wildman–Crippen MR) is 104 cm³/mol. The van der Waals surface area contributed by atoms with Crippen LogP contribution >= 0.6 is 0 Å². The summed E-state index contributed by atoms with van der Waals surface area (Å²) >= 11 is 0. The van der Waals surface area contributed by atoms with Gasteiger partial charge in [-0.2, -0.15) is 0 Å². The number of hydrogen-bond acceptors (Lipinski definition) is 4. The van der Waals surface area contributed by atoms with E-state index in [4.69, 9.17) is 4.74 Å². The molecule has 1 saturated carbocycles. The van der Waals surface area contributed by atoms with E-state index in [0.29, 0.717) is 6.10 Å². The van der Waals surface area contributed by atoms with Gasteiger partial charge in [0.05, 0.1) is 6.10 Å². The molecular formula is C22H29N3O.